The zero-order valence-electron chi connectivity index (χ0n) is 11.3. The van der Waals surface area contributed by atoms with Gasteiger partial charge in [0.25, 0.3) is 0 Å². The Bertz CT molecular complexity index is 654. The first-order valence-corrected chi connectivity index (χ1v) is 6.31. The molecule has 0 heterocycles. The average molecular weight is 290 g/mol. The van der Waals surface area contributed by atoms with Crippen LogP contribution in [0.2, 0.25) is 0 Å². The van der Waals surface area contributed by atoms with E-state index in [0.29, 0.717) is 5.69 Å². The fourth-order valence-electron chi connectivity index (χ4n) is 2.00. The van der Waals surface area contributed by atoms with E-state index in [1.54, 1.807) is 12.1 Å². The van der Waals surface area contributed by atoms with Gasteiger partial charge in [0, 0.05) is 11.3 Å². The molecule has 0 saturated heterocycles. The maximum Gasteiger partial charge on any atom is 0.416 e. The summed E-state index contributed by atoms with van der Waals surface area (Å²) in [5, 5.41) is 12.0. The second kappa shape index (κ2) is 5.88. The minimum atomic E-state index is -4.49. The lowest BCUT2D eigenvalue weighted by Gasteiger charge is -2.18. The molecule has 0 amide bonds. The number of nitriles is 1. The van der Waals surface area contributed by atoms with E-state index < -0.39 is 17.8 Å². The van der Waals surface area contributed by atoms with Gasteiger partial charge in [0.2, 0.25) is 0 Å². The van der Waals surface area contributed by atoms with Crippen molar-refractivity contribution in [3.8, 4) is 6.07 Å². The second-order valence-corrected chi connectivity index (χ2v) is 4.66. The summed E-state index contributed by atoms with van der Waals surface area (Å²) in [6, 6.07) is 13.0. The molecule has 1 atom stereocenters. The molecule has 2 aromatic carbocycles. The number of alkyl halides is 3. The lowest BCUT2D eigenvalue weighted by Crippen LogP contribution is -2.16. The zero-order chi connectivity index (χ0) is 15.5. The van der Waals surface area contributed by atoms with Gasteiger partial charge in [-0.15, -0.1) is 0 Å². The topological polar surface area (TPSA) is 35.8 Å². The van der Waals surface area contributed by atoms with Gasteiger partial charge in [-0.3, -0.25) is 0 Å². The van der Waals surface area contributed by atoms with E-state index in [2.05, 4.69) is 5.32 Å². The second-order valence-electron chi connectivity index (χ2n) is 4.66. The smallest absolute Gasteiger partial charge is 0.366 e. The maximum atomic E-state index is 13.0. The van der Waals surface area contributed by atoms with Crippen LogP contribution < -0.4 is 5.32 Å². The van der Waals surface area contributed by atoms with Gasteiger partial charge < -0.3 is 5.32 Å². The lowest BCUT2D eigenvalue weighted by molar-refractivity contribution is -0.138. The molecule has 0 aliphatic carbocycles. The Labute approximate surface area is 120 Å². The molecular formula is C16H13F3N2. The number of nitrogens with one attached hydrogen (secondary N) is 1. The molecule has 0 aliphatic heterocycles. The van der Waals surface area contributed by atoms with Crippen LogP contribution in [0.5, 0.6) is 0 Å². The van der Waals surface area contributed by atoms with E-state index >= 15 is 0 Å². The predicted molar refractivity (Wildman–Crippen MR) is 74.6 cm³/mol. The van der Waals surface area contributed by atoms with Gasteiger partial charge in [-0.25, -0.2) is 0 Å². The average Bonchev–Trinajstić information content (AvgIpc) is 2.46. The molecule has 1 unspecified atom stereocenters. The van der Waals surface area contributed by atoms with Gasteiger partial charge in [-0.05, 0) is 25.1 Å². The Balaban J connectivity index is 2.35. The molecular weight excluding hydrogens is 277 g/mol. The van der Waals surface area contributed by atoms with E-state index in [9.17, 15) is 18.4 Å². The fourth-order valence-corrected chi connectivity index (χ4v) is 2.00. The van der Waals surface area contributed by atoms with E-state index in [-0.39, 0.29) is 5.56 Å². The quantitative estimate of drug-likeness (QED) is 0.890. The molecule has 2 nitrogen and oxygen atoms in total. The number of benzene rings is 2. The molecule has 21 heavy (non-hydrogen) atoms. The maximum absolute atomic E-state index is 13.0. The molecule has 5 heteroatoms. The first-order valence-electron chi connectivity index (χ1n) is 6.31. The highest BCUT2D eigenvalue weighted by Gasteiger charge is 2.35. The van der Waals surface area contributed by atoms with Crippen LogP contribution in [0, 0.1) is 18.3 Å². The largest absolute Gasteiger partial charge is 0.416 e. The van der Waals surface area contributed by atoms with Crippen molar-refractivity contribution in [2.24, 2.45) is 0 Å². The van der Waals surface area contributed by atoms with Crippen LogP contribution in [-0.2, 0) is 6.18 Å². The predicted octanol–water partition coefficient (Wildman–Crippen LogP) is 4.69. The van der Waals surface area contributed by atoms with Crippen molar-refractivity contribution < 1.29 is 13.2 Å². The van der Waals surface area contributed by atoms with Crippen LogP contribution >= 0.6 is 0 Å². The summed E-state index contributed by atoms with van der Waals surface area (Å²) < 4.78 is 39.0. The normalized spacial score (nSPS) is 12.5. The van der Waals surface area contributed by atoms with Crippen molar-refractivity contribution in [2.45, 2.75) is 19.1 Å². The van der Waals surface area contributed by atoms with Crippen molar-refractivity contribution in [2.75, 3.05) is 5.32 Å². The SMILES string of the molecule is Cc1ccc(NC(C#N)c2ccccc2C(F)(F)F)cc1. The molecule has 108 valence electrons. The van der Waals surface area contributed by atoms with Gasteiger partial charge in [-0.2, -0.15) is 18.4 Å². The van der Waals surface area contributed by atoms with E-state index in [1.807, 2.05) is 25.1 Å². The number of rotatable bonds is 3. The summed E-state index contributed by atoms with van der Waals surface area (Å²) in [6.07, 6.45) is -4.49. The molecule has 0 radical (unpaired) electrons. The Kier molecular flexibility index (Phi) is 4.18. The molecule has 0 bridgehead atoms. The third kappa shape index (κ3) is 3.54. The highest BCUT2D eigenvalue weighted by molar-refractivity contribution is 5.50. The molecule has 0 spiro atoms. The lowest BCUT2D eigenvalue weighted by atomic mass is 10.0. The summed E-state index contributed by atoms with van der Waals surface area (Å²) in [6.45, 7) is 1.91. The first-order chi connectivity index (χ1) is 9.91. The highest BCUT2D eigenvalue weighted by Crippen LogP contribution is 2.35. The third-order valence-corrected chi connectivity index (χ3v) is 3.07. The van der Waals surface area contributed by atoms with Crippen molar-refractivity contribution in [3.63, 3.8) is 0 Å². The Morgan fingerprint density at radius 1 is 1.05 bits per heavy atom. The molecule has 2 rings (SSSR count). The number of anilines is 1. The molecule has 0 aromatic heterocycles. The summed E-state index contributed by atoms with van der Waals surface area (Å²) in [4.78, 5) is 0. The summed E-state index contributed by atoms with van der Waals surface area (Å²) >= 11 is 0. The highest BCUT2D eigenvalue weighted by atomic mass is 19.4. The van der Waals surface area contributed by atoms with Crippen LogP contribution in [0.4, 0.5) is 18.9 Å². The summed E-state index contributed by atoms with van der Waals surface area (Å²) in [7, 11) is 0. The van der Waals surface area contributed by atoms with Gasteiger partial charge in [-0.1, -0.05) is 35.9 Å². The van der Waals surface area contributed by atoms with Crippen LogP contribution in [0.15, 0.2) is 48.5 Å². The Hall–Kier alpha value is -2.48. The van der Waals surface area contributed by atoms with Crippen molar-refractivity contribution >= 4 is 5.69 Å². The van der Waals surface area contributed by atoms with Gasteiger partial charge in [0.1, 0.15) is 6.04 Å². The number of nitrogens with zero attached hydrogens (tertiary/aromatic N) is 1. The van der Waals surface area contributed by atoms with E-state index in [1.165, 1.54) is 18.2 Å². The third-order valence-electron chi connectivity index (χ3n) is 3.07. The van der Waals surface area contributed by atoms with Crippen molar-refractivity contribution in [1.82, 2.24) is 0 Å². The number of hydrogen-bond acceptors (Lipinski definition) is 2. The molecule has 0 fully saturated rings. The van der Waals surface area contributed by atoms with E-state index in [0.717, 1.165) is 11.6 Å². The van der Waals surface area contributed by atoms with Gasteiger partial charge >= 0.3 is 6.18 Å². The van der Waals surface area contributed by atoms with Crippen LogP contribution in [0.25, 0.3) is 0 Å². The first kappa shape index (κ1) is 14.9. The number of hydrogen-bond donors (Lipinski definition) is 1. The number of aryl methyl sites for hydroxylation is 1. The Morgan fingerprint density at radius 2 is 1.67 bits per heavy atom. The molecule has 0 saturated carbocycles. The van der Waals surface area contributed by atoms with Crippen molar-refractivity contribution in [3.05, 3.63) is 65.2 Å². The monoisotopic (exact) mass is 290 g/mol. The fraction of sp³-hybridized carbons (Fsp3) is 0.188. The standard InChI is InChI=1S/C16H13F3N2/c1-11-6-8-12(9-7-11)21-15(10-20)13-4-2-3-5-14(13)16(17,18)19/h2-9,15,21H,1H3. The van der Waals surface area contributed by atoms with Crippen molar-refractivity contribution in [1.29, 1.82) is 5.26 Å². The van der Waals surface area contributed by atoms with Crippen LogP contribution in [0.3, 0.4) is 0 Å². The molecule has 0 aliphatic rings. The van der Waals surface area contributed by atoms with E-state index in [4.69, 9.17) is 0 Å². The summed E-state index contributed by atoms with van der Waals surface area (Å²) in [5.74, 6) is 0. The zero-order valence-corrected chi connectivity index (χ0v) is 11.3. The minimum absolute atomic E-state index is 0.0759. The molecule has 1 N–H and O–H groups in total. The minimum Gasteiger partial charge on any atom is -0.366 e. The van der Waals surface area contributed by atoms with Gasteiger partial charge in [0.05, 0.1) is 11.6 Å². The molecule has 2 aromatic rings. The van der Waals surface area contributed by atoms with Gasteiger partial charge in [0.15, 0.2) is 0 Å². The van der Waals surface area contributed by atoms with Crippen LogP contribution in [0.1, 0.15) is 22.7 Å². The summed E-state index contributed by atoms with van der Waals surface area (Å²) in [5.41, 5.74) is 0.762. The van der Waals surface area contributed by atoms with Crippen LogP contribution in [-0.4, -0.2) is 0 Å². The number of halogens is 3. The Morgan fingerprint density at radius 3 is 2.24 bits per heavy atom.